The number of rotatable bonds is 4. The van der Waals surface area contributed by atoms with Crippen LogP contribution in [-0.4, -0.2) is 16.5 Å². The van der Waals surface area contributed by atoms with Crippen LogP contribution in [0.25, 0.3) is 20.5 Å². The minimum Gasteiger partial charge on any atom is -0.353 e. The van der Waals surface area contributed by atoms with Crippen LogP contribution in [0.1, 0.15) is 6.42 Å². The first-order valence-electron chi connectivity index (χ1n) is 6.28. The number of aromatic nitrogens is 2. The summed E-state index contributed by atoms with van der Waals surface area (Å²) >= 11 is 1.73. The fourth-order valence-corrected chi connectivity index (χ4v) is 2.94. The minimum absolute atomic E-state index is 0.446. The Morgan fingerprint density at radius 2 is 2.00 bits per heavy atom. The minimum atomic E-state index is 0.446. The van der Waals surface area contributed by atoms with Gasteiger partial charge in [-0.15, -0.1) is 11.3 Å². The van der Waals surface area contributed by atoms with Gasteiger partial charge in [-0.2, -0.15) is 5.26 Å². The second kappa shape index (κ2) is 5.68. The largest absolute Gasteiger partial charge is 0.353 e. The van der Waals surface area contributed by atoms with Gasteiger partial charge in [0.15, 0.2) is 0 Å². The topological polar surface area (TPSA) is 61.6 Å². The van der Waals surface area contributed by atoms with E-state index in [2.05, 4.69) is 39.6 Å². The van der Waals surface area contributed by atoms with E-state index in [-0.39, 0.29) is 0 Å². The molecule has 2 heterocycles. The summed E-state index contributed by atoms with van der Waals surface area (Å²) in [6, 6.07) is 12.5. The van der Waals surface area contributed by atoms with Crippen molar-refractivity contribution in [3.63, 3.8) is 0 Å². The molecule has 98 valence electrons. The SMILES string of the molecule is N#CCCNc1ncc(-c2cc3ccccc3s2)cn1. The van der Waals surface area contributed by atoms with E-state index in [0.717, 1.165) is 10.4 Å². The summed E-state index contributed by atoms with van der Waals surface area (Å²) in [5.41, 5.74) is 1.01. The van der Waals surface area contributed by atoms with Gasteiger partial charge in [-0.25, -0.2) is 9.97 Å². The molecule has 3 aromatic rings. The first-order valence-corrected chi connectivity index (χ1v) is 7.10. The third-order valence-corrected chi connectivity index (χ3v) is 4.05. The zero-order valence-corrected chi connectivity index (χ0v) is 11.5. The molecule has 1 N–H and O–H groups in total. The lowest BCUT2D eigenvalue weighted by atomic mass is 10.2. The molecule has 0 radical (unpaired) electrons. The van der Waals surface area contributed by atoms with Crippen molar-refractivity contribution in [3.05, 3.63) is 42.7 Å². The molecule has 0 spiro atoms. The van der Waals surface area contributed by atoms with E-state index in [9.17, 15) is 0 Å². The molecule has 0 unspecified atom stereocenters. The lowest BCUT2D eigenvalue weighted by molar-refractivity contribution is 1.02. The molecule has 0 aliphatic carbocycles. The predicted octanol–water partition coefficient (Wildman–Crippen LogP) is 3.68. The Morgan fingerprint density at radius 1 is 1.20 bits per heavy atom. The first kappa shape index (κ1) is 12.6. The van der Waals surface area contributed by atoms with Crippen molar-refractivity contribution in [2.75, 3.05) is 11.9 Å². The van der Waals surface area contributed by atoms with Crippen molar-refractivity contribution in [3.8, 4) is 16.5 Å². The summed E-state index contributed by atoms with van der Waals surface area (Å²) in [5.74, 6) is 0.560. The highest BCUT2D eigenvalue weighted by atomic mass is 32.1. The molecule has 5 heteroatoms. The van der Waals surface area contributed by atoms with Gasteiger partial charge in [-0.05, 0) is 17.5 Å². The van der Waals surface area contributed by atoms with Crippen LogP contribution in [0.4, 0.5) is 5.95 Å². The van der Waals surface area contributed by atoms with Gasteiger partial charge < -0.3 is 5.32 Å². The average Bonchev–Trinajstić information content (AvgIpc) is 2.92. The Labute approximate surface area is 120 Å². The molecule has 4 nitrogen and oxygen atoms in total. The highest BCUT2D eigenvalue weighted by Crippen LogP contribution is 2.32. The number of hydrogen-bond acceptors (Lipinski definition) is 5. The highest BCUT2D eigenvalue weighted by Gasteiger charge is 2.05. The van der Waals surface area contributed by atoms with E-state index in [1.54, 1.807) is 11.3 Å². The molecule has 0 saturated carbocycles. The van der Waals surface area contributed by atoms with Gasteiger partial charge in [0.05, 0.1) is 12.5 Å². The van der Waals surface area contributed by atoms with Crippen LogP contribution in [0.2, 0.25) is 0 Å². The van der Waals surface area contributed by atoms with Gasteiger partial charge in [0.2, 0.25) is 5.95 Å². The van der Waals surface area contributed by atoms with Gasteiger partial charge in [-0.3, -0.25) is 0 Å². The Morgan fingerprint density at radius 3 is 2.75 bits per heavy atom. The van der Waals surface area contributed by atoms with Crippen LogP contribution in [0.15, 0.2) is 42.7 Å². The van der Waals surface area contributed by atoms with Gasteiger partial charge in [0.1, 0.15) is 0 Å². The van der Waals surface area contributed by atoms with Gasteiger partial charge >= 0.3 is 0 Å². The van der Waals surface area contributed by atoms with Gasteiger partial charge in [0, 0.05) is 34.1 Å². The van der Waals surface area contributed by atoms with Crippen LogP contribution in [-0.2, 0) is 0 Å². The van der Waals surface area contributed by atoms with Crippen LogP contribution in [0.3, 0.4) is 0 Å². The third-order valence-electron chi connectivity index (χ3n) is 2.88. The monoisotopic (exact) mass is 280 g/mol. The number of fused-ring (bicyclic) bond motifs is 1. The van der Waals surface area contributed by atoms with Crippen LogP contribution in [0.5, 0.6) is 0 Å². The van der Waals surface area contributed by atoms with Gasteiger partial charge in [-0.1, -0.05) is 18.2 Å². The van der Waals surface area contributed by atoms with E-state index < -0.39 is 0 Å². The quantitative estimate of drug-likeness (QED) is 0.740. The second-order valence-electron chi connectivity index (χ2n) is 4.28. The fourth-order valence-electron chi connectivity index (χ4n) is 1.90. The Hall–Kier alpha value is -2.45. The number of nitrogens with zero attached hydrogens (tertiary/aromatic N) is 3. The van der Waals surface area contributed by atoms with Crippen LogP contribution in [0, 0.1) is 11.3 Å². The maximum absolute atomic E-state index is 8.48. The molecule has 3 rings (SSSR count). The maximum Gasteiger partial charge on any atom is 0.222 e. The van der Waals surface area contributed by atoms with Crippen LogP contribution < -0.4 is 5.32 Å². The maximum atomic E-state index is 8.48. The lowest BCUT2D eigenvalue weighted by Gasteiger charge is -2.02. The predicted molar refractivity (Wildman–Crippen MR) is 81.6 cm³/mol. The standard InChI is InChI=1S/C15H12N4S/c16-6-3-7-17-15-18-9-12(10-19-15)14-8-11-4-1-2-5-13(11)20-14/h1-2,4-5,8-10H,3,7H2,(H,17,18,19). The summed E-state index contributed by atoms with van der Waals surface area (Å²) < 4.78 is 1.26. The molecule has 2 aromatic heterocycles. The van der Waals surface area contributed by atoms with E-state index >= 15 is 0 Å². The number of nitrogens with one attached hydrogen (secondary N) is 1. The van der Waals surface area contributed by atoms with Crippen molar-refractivity contribution in [1.29, 1.82) is 5.26 Å². The number of anilines is 1. The average molecular weight is 280 g/mol. The van der Waals surface area contributed by atoms with E-state index in [1.165, 1.54) is 10.1 Å². The van der Waals surface area contributed by atoms with E-state index in [0.29, 0.717) is 18.9 Å². The van der Waals surface area contributed by atoms with E-state index in [1.807, 2.05) is 24.5 Å². The molecular formula is C15H12N4S. The zero-order chi connectivity index (χ0) is 13.8. The highest BCUT2D eigenvalue weighted by molar-refractivity contribution is 7.22. The molecule has 0 fully saturated rings. The molecule has 20 heavy (non-hydrogen) atoms. The molecular weight excluding hydrogens is 268 g/mol. The summed E-state index contributed by atoms with van der Waals surface area (Å²) in [6.07, 6.45) is 4.07. The number of thiophene rings is 1. The summed E-state index contributed by atoms with van der Waals surface area (Å²) in [6.45, 7) is 0.568. The lowest BCUT2D eigenvalue weighted by Crippen LogP contribution is -2.04. The second-order valence-corrected chi connectivity index (χ2v) is 5.36. The Kier molecular flexibility index (Phi) is 3.57. The molecule has 0 aliphatic rings. The summed E-state index contributed by atoms with van der Waals surface area (Å²) in [5, 5.41) is 12.7. The molecule has 0 amide bonds. The summed E-state index contributed by atoms with van der Waals surface area (Å²) in [4.78, 5) is 9.71. The Bertz CT molecular complexity index is 722. The van der Waals surface area contributed by atoms with Crippen molar-refractivity contribution >= 4 is 27.4 Å². The molecule has 0 saturated heterocycles. The third kappa shape index (κ3) is 2.60. The zero-order valence-electron chi connectivity index (χ0n) is 10.7. The number of hydrogen-bond donors (Lipinski definition) is 1. The molecule has 0 bridgehead atoms. The molecule has 0 atom stereocenters. The van der Waals surface area contributed by atoms with Crippen molar-refractivity contribution in [1.82, 2.24) is 9.97 Å². The number of nitriles is 1. The van der Waals surface area contributed by atoms with Crippen molar-refractivity contribution in [2.45, 2.75) is 6.42 Å². The number of benzene rings is 1. The van der Waals surface area contributed by atoms with Crippen LogP contribution >= 0.6 is 11.3 Å². The Balaban J connectivity index is 1.82. The first-order chi connectivity index (χ1) is 9.86. The molecule has 1 aromatic carbocycles. The molecule has 0 aliphatic heterocycles. The van der Waals surface area contributed by atoms with E-state index in [4.69, 9.17) is 5.26 Å². The van der Waals surface area contributed by atoms with Gasteiger partial charge in [0.25, 0.3) is 0 Å². The fraction of sp³-hybridized carbons (Fsp3) is 0.133. The van der Waals surface area contributed by atoms with Crippen molar-refractivity contribution in [2.24, 2.45) is 0 Å². The summed E-state index contributed by atoms with van der Waals surface area (Å²) in [7, 11) is 0. The smallest absolute Gasteiger partial charge is 0.222 e. The normalized spacial score (nSPS) is 10.3. The van der Waals surface area contributed by atoms with Crippen molar-refractivity contribution < 1.29 is 0 Å².